The van der Waals surface area contributed by atoms with Crippen LogP contribution in [0.4, 0.5) is 0 Å². The summed E-state index contributed by atoms with van der Waals surface area (Å²) >= 11 is 6.17. The van der Waals surface area contributed by atoms with Gasteiger partial charge in [0.2, 0.25) is 0 Å². The molecule has 0 atom stereocenters. The normalized spacial score (nSPS) is 18.6. The van der Waals surface area contributed by atoms with Gasteiger partial charge >= 0.3 is 0 Å². The number of para-hydroxylation sites is 1. The number of rotatable bonds is 3. The molecule has 0 saturated carbocycles. The van der Waals surface area contributed by atoms with Crippen molar-refractivity contribution in [3.63, 3.8) is 0 Å². The van der Waals surface area contributed by atoms with Crippen LogP contribution in [0.5, 0.6) is 0 Å². The van der Waals surface area contributed by atoms with E-state index in [1.54, 1.807) is 24.3 Å². The predicted molar refractivity (Wildman–Crippen MR) is 92.7 cm³/mol. The Morgan fingerprint density at radius 1 is 1.30 bits per heavy atom. The summed E-state index contributed by atoms with van der Waals surface area (Å²) in [4.78, 5) is 17.5. The molecule has 1 aromatic heterocycles. The number of nitrogens with zero attached hydrogens (tertiary/aromatic N) is 1. The van der Waals surface area contributed by atoms with Gasteiger partial charge in [-0.3, -0.25) is 9.69 Å². The van der Waals surface area contributed by atoms with Gasteiger partial charge in [0.15, 0.2) is 5.43 Å². The van der Waals surface area contributed by atoms with Crippen molar-refractivity contribution in [1.29, 1.82) is 0 Å². The Morgan fingerprint density at radius 3 is 2.70 bits per heavy atom. The molecule has 2 heterocycles. The highest BCUT2D eigenvalue weighted by atomic mass is 35.5. The van der Waals surface area contributed by atoms with Crippen LogP contribution in [0, 0.1) is 0 Å². The monoisotopic (exact) mass is 354 g/mol. The quantitative estimate of drug-likeness (QED) is 0.917. The molecule has 7 heteroatoms. The lowest BCUT2D eigenvalue weighted by Crippen LogP contribution is -2.38. The Morgan fingerprint density at radius 2 is 2.00 bits per heavy atom. The van der Waals surface area contributed by atoms with Crippen molar-refractivity contribution in [2.75, 3.05) is 18.6 Å². The molecule has 124 valence electrons. The third-order valence-electron chi connectivity index (χ3n) is 4.44. The van der Waals surface area contributed by atoms with Gasteiger partial charge < -0.3 is 4.98 Å². The summed E-state index contributed by atoms with van der Waals surface area (Å²) in [5.74, 6) is 0.476. The first-order valence-corrected chi connectivity index (χ1v) is 9.77. The van der Waals surface area contributed by atoms with E-state index in [9.17, 15) is 13.2 Å². The van der Waals surface area contributed by atoms with E-state index in [2.05, 4.69) is 9.88 Å². The maximum absolute atomic E-state index is 12.2. The van der Waals surface area contributed by atoms with E-state index < -0.39 is 9.84 Å². The van der Waals surface area contributed by atoms with E-state index in [-0.39, 0.29) is 23.0 Å². The number of aromatic amines is 1. The number of nitrogens with one attached hydrogen (secondary N) is 1. The highest BCUT2D eigenvalue weighted by Crippen LogP contribution is 2.21. The molecule has 1 fully saturated rings. The molecule has 0 unspecified atom stereocenters. The number of hydrogen-bond donors (Lipinski definition) is 1. The molecule has 2 aromatic rings. The second-order valence-electron chi connectivity index (χ2n) is 6.12. The molecule has 1 N–H and O–H groups in total. The predicted octanol–water partition coefficient (Wildman–Crippen LogP) is 2.19. The first-order chi connectivity index (χ1) is 10.9. The summed E-state index contributed by atoms with van der Waals surface area (Å²) in [5.41, 5.74) is 1.37. The third kappa shape index (κ3) is 3.59. The van der Waals surface area contributed by atoms with Crippen LogP contribution in [0.2, 0.25) is 5.02 Å². The SMILES string of the molecule is CN(Cc1cc(=O)c2cccc(Cl)c2[nH]1)C1CCS(=O)(=O)CC1. The van der Waals surface area contributed by atoms with Gasteiger partial charge in [-0.1, -0.05) is 17.7 Å². The fourth-order valence-corrected chi connectivity index (χ4v) is 4.78. The van der Waals surface area contributed by atoms with Gasteiger partial charge in [0.25, 0.3) is 0 Å². The van der Waals surface area contributed by atoms with E-state index in [0.717, 1.165) is 5.69 Å². The average molecular weight is 355 g/mol. The summed E-state index contributed by atoms with van der Waals surface area (Å²) < 4.78 is 23.0. The van der Waals surface area contributed by atoms with Crippen molar-refractivity contribution in [2.24, 2.45) is 0 Å². The Balaban J connectivity index is 1.82. The summed E-state index contributed by atoms with van der Waals surface area (Å²) in [5, 5.41) is 1.10. The summed E-state index contributed by atoms with van der Waals surface area (Å²) in [6.07, 6.45) is 1.27. The molecule has 1 aliphatic rings. The van der Waals surface area contributed by atoms with Crippen LogP contribution in [0.15, 0.2) is 29.1 Å². The van der Waals surface area contributed by atoms with E-state index in [4.69, 9.17) is 11.6 Å². The lowest BCUT2D eigenvalue weighted by atomic mass is 10.1. The number of pyridine rings is 1. The zero-order valence-corrected chi connectivity index (χ0v) is 14.5. The molecule has 5 nitrogen and oxygen atoms in total. The number of H-pyrrole nitrogens is 1. The van der Waals surface area contributed by atoms with Gasteiger partial charge in [-0.05, 0) is 32.0 Å². The van der Waals surface area contributed by atoms with E-state index >= 15 is 0 Å². The number of halogens is 1. The van der Waals surface area contributed by atoms with Crippen molar-refractivity contribution in [3.8, 4) is 0 Å². The van der Waals surface area contributed by atoms with Gasteiger partial charge in [0, 0.05) is 29.7 Å². The van der Waals surface area contributed by atoms with Gasteiger partial charge in [-0.2, -0.15) is 0 Å². The molecule has 0 amide bonds. The van der Waals surface area contributed by atoms with Crippen LogP contribution < -0.4 is 5.43 Å². The highest BCUT2D eigenvalue weighted by molar-refractivity contribution is 7.91. The van der Waals surface area contributed by atoms with Crippen LogP contribution >= 0.6 is 11.6 Å². The summed E-state index contributed by atoms with van der Waals surface area (Å²) in [6.45, 7) is 0.557. The number of hydrogen-bond acceptors (Lipinski definition) is 4. The number of sulfone groups is 1. The lowest BCUT2D eigenvalue weighted by Gasteiger charge is -2.31. The van der Waals surface area contributed by atoms with E-state index in [1.807, 2.05) is 7.05 Å². The molecule has 0 aliphatic carbocycles. The molecule has 1 aromatic carbocycles. The molecule has 3 rings (SSSR count). The van der Waals surface area contributed by atoms with Crippen LogP contribution in [-0.4, -0.2) is 42.9 Å². The van der Waals surface area contributed by atoms with Crippen molar-refractivity contribution in [3.05, 3.63) is 45.2 Å². The standard InChI is InChI=1S/C16H19ClN2O3S/c1-19(12-5-7-23(21,22)8-6-12)10-11-9-15(20)13-3-2-4-14(17)16(13)18-11/h2-4,9,12H,5-8,10H2,1H3,(H,18,20). The van der Waals surface area contributed by atoms with Crippen LogP contribution in [0.3, 0.4) is 0 Å². The molecule has 0 radical (unpaired) electrons. The fraction of sp³-hybridized carbons (Fsp3) is 0.438. The number of aromatic nitrogens is 1. The number of benzene rings is 1. The third-order valence-corrected chi connectivity index (χ3v) is 6.47. The second kappa shape index (κ2) is 6.26. The smallest absolute Gasteiger partial charge is 0.189 e. The van der Waals surface area contributed by atoms with Gasteiger partial charge in [0.05, 0.1) is 22.0 Å². The zero-order valence-electron chi connectivity index (χ0n) is 12.9. The molecule has 1 aliphatic heterocycles. The highest BCUT2D eigenvalue weighted by Gasteiger charge is 2.26. The van der Waals surface area contributed by atoms with Crippen molar-refractivity contribution >= 4 is 32.3 Å². The first-order valence-electron chi connectivity index (χ1n) is 7.57. The molecular formula is C16H19ClN2O3S. The van der Waals surface area contributed by atoms with Gasteiger partial charge in [-0.15, -0.1) is 0 Å². The van der Waals surface area contributed by atoms with Gasteiger partial charge in [-0.25, -0.2) is 8.42 Å². The van der Waals surface area contributed by atoms with Crippen LogP contribution in [-0.2, 0) is 16.4 Å². The maximum atomic E-state index is 12.2. The Labute approximate surface area is 140 Å². The summed E-state index contributed by atoms with van der Waals surface area (Å²) in [7, 11) is -0.909. The minimum absolute atomic E-state index is 0.0594. The number of fused-ring (bicyclic) bond motifs is 1. The molecule has 0 bridgehead atoms. The maximum Gasteiger partial charge on any atom is 0.189 e. The van der Waals surface area contributed by atoms with Crippen molar-refractivity contribution in [2.45, 2.75) is 25.4 Å². The van der Waals surface area contributed by atoms with E-state index in [0.29, 0.717) is 35.3 Å². The largest absolute Gasteiger partial charge is 0.356 e. The Kier molecular flexibility index (Phi) is 4.49. The average Bonchev–Trinajstić information content (AvgIpc) is 2.48. The molecule has 1 saturated heterocycles. The lowest BCUT2D eigenvalue weighted by molar-refractivity contribution is 0.216. The minimum Gasteiger partial charge on any atom is -0.356 e. The topological polar surface area (TPSA) is 70.2 Å². The second-order valence-corrected chi connectivity index (χ2v) is 8.83. The van der Waals surface area contributed by atoms with Crippen molar-refractivity contribution < 1.29 is 8.42 Å². The van der Waals surface area contributed by atoms with Gasteiger partial charge in [0.1, 0.15) is 9.84 Å². The first kappa shape index (κ1) is 16.5. The van der Waals surface area contributed by atoms with Crippen LogP contribution in [0.25, 0.3) is 10.9 Å². The summed E-state index contributed by atoms with van der Waals surface area (Å²) in [6, 6.07) is 7.06. The van der Waals surface area contributed by atoms with Crippen LogP contribution in [0.1, 0.15) is 18.5 Å². The molecular weight excluding hydrogens is 336 g/mol. The van der Waals surface area contributed by atoms with E-state index in [1.165, 1.54) is 0 Å². The molecule has 23 heavy (non-hydrogen) atoms. The Hall–Kier alpha value is -1.37. The Bertz CT molecular complexity index is 878. The minimum atomic E-state index is -2.87. The van der Waals surface area contributed by atoms with Crippen molar-refractivity contribution in [1.82, 2.24) is 9.88 Å². The molecule has 0 spiro atoms. The fourth-order valence-electron chi connectivity index (χ4n) is 3.09. The zero-order chi connectivity index (χ0) is 16.6.